The summed E-state index contributed by atoms with van der Waals surface area (Å²) in [5.74, 6) is -0.921. The lowest BCUT2D eigenvalue weighted by molar-refractivity contribution is -0.125. The Morgan fingerprint density at radius 2 is 2.28 bits per heavy atom. The van der Waals surface area contributed by atoms with Crippen LogP contribution in [0.5, 0.6) is 0 Å². The smallest absolute Gasteiger partial charge is 0.231 e. The summed E-state index contributed by atoms with van der Waals surface area (Å²) in [4.78, 5) is 12.0. The first kappa shape index (κ1) is 14.8. The van der Waals surface area contributed by atoms with E-state index in [0.717, 1.165) is 19.4 Å². The van der Waals surface area contributed by atoms with Gasteiger partial charge in [-0.15, -0.1) is 0 Å². The number of hydrogen-bond donors (Lipinski definition) is 3. The van der Waals surface area contributed by atoms with Gasteiger partial charge in [-0.1, -0.05) is 19.0 Å². The van der Waals surface area contributed by atoms with Gasteiger partial charge in [-0.3, -0.25) is 4.79 Å². The van der Waals surface area contributed by atoms with Crippen molar-refractivity contribution in [1.82, 2.24) is 5.32 Å². The molecular weight excluding hydrogens is 234 g/mol. The van der Waals surface area contributed by atoms with Crippen molar-refractivity contribution in [2.75, 3.05) is 13.2 Å². The van der Waals surface area contributed by atoms with E-state index in [9.17, 15) is 4.79 Å². The molecule has 18 heavy (non-hydrogen) atoms. The van der Waals surface area contributed by atoms with E-state index < -0.39 is 5.92 Å². The summed E-state index contributed by atoms with van der Waals surface area (Å²) in [6.07, 6.45) is 1.95. The molecule has 104 valence electrons. The van der Waals surface area contributed by atoms with Crippen LogP contribution >= 0.6 is 0 Å². The maximum atomic E-state index is 12.0. The third kappa shape index (κ3) is 3.60. The summed E-state index contributed by atoms with van der Waals surface area (Å²) in [6, 6.07) is 0. The number of hydrogen-bond acceptors (Lipinski definition) is 4. The van der Waals surface area contributed by atoms with Gasteiger partial charge in [0.25, 0.3) is 0 Å². The van der Waals surface area contributed by atoms with Crippen molar-refractivity contribution >= 4 is 11.7 Å². The number of rotatable bonds is 5. The summed E-state index contributed by atoms with van der Waals surface area (Å²) in [5.41, 5.74) is 5.25. The monoisotopic (exact) mass is 257 g/mol. The van der Waals surface area contributed by atoms with Gasteiger partial charge in [0.2, 0.25) is 5.91 Å². The number of nitrogens with zero attached hydrogens (tertiary/aromatic N) is 1. The van der Waals surface area contributed by atoms with Crippen molar-refractivity contribution in [3.8, 4) is 0 Å². The van der Waals surface area contributed by atoms with Gasteiger partial charge < -0.3 is 21.0 Å². The standard InChI is InChI=1S/C12H23N3O3/c1-8(2)9(10(13)15-17)11(16)14-7-12(3)5-4-6-18-12/h8-9,17H,4-7H2,1-3H3,(H2,13,15)(H,14,16). The third-order valence-electron chi connectivity index (χ3n) is 3.32. The van der Waals surface area contributed by atoms with Gasteiger partial charge in [-0.25, -0.2) is 0 Å². The Bertz CT molecular complexity index is 323. The van der Waals surface area contributed by atoms with Crippen LogP contribution < -0.4 is 11.1 Å². The van der Waals surface area contributed by atoms with Crippen molar-refractivity contribution < 1.29 is 14.7 Å². The summed E-state index contributed by atoms with van der Waals surface area (Å²) in [5, 5.41) is 14.4. The first-order valence-electron chi connectivity index (χ1n) is 6.29. The minimum absolute atomic E-state index is 0.0294. The highest BCUT2D eigenvalue weighted by molar-refractivity contribution is 6.02. The Balaban J connectivity index is 2.57. The van der Waals surface area contributed by atoms with Crippen LogP contribution in [0.1, 0.15) is 33.6 Å². The van der Waals surface area contributed by atoms with Crippen LogP contribution in [0.15, 0.2) is 5.16 Å². The molecule has 1 aliphatic rings. The Hall–Kier alpha value is -1.30. The second-order valence-corrected chi connectivity index (χ2v) is 5.37. The number of amidine groups is 1. The molecule has 0 bridgehead atoms. The maximum Gasteiger partial charge on any atom is 0.231 e. The molecule has 0 spiro atoms. The lowest BCUT2D eigenvalue weighted by Crippen LogP contribution is -2.47. The predicted molar refractivity (Wildman–Crippen MR) is 68.3 cm³/mol. The molecule has 6 heteroatoms. The average molecular weight is 257 g/mol. The number of amides is 1. The molecule has 2 unspecified atom stereocenters. The molecule has 0 aromatic carbocycles. The Morgan fingerprint density at radius 3 is 2.72 bits per heavy atom. The molecule has 2 atom stereocenters. The second kappa shape index (κ2) is 6.04. The number of carbonyl (C=O) groups is 1. The van der Waals surface area contributed by atoms with E-state index in [-0.39, 0.29) is 23.3 Å². The number of carbonyl (C=O) groups excluding carboxylic acids is 1. The largest absolute Gasteiger partial charge is 0.409 e. The zero-order chi connectivity index (χ0) is 13.8. The zero-order valence-electron chi connectivity index (χ0n) is 11.3. The highest BCUT2D eigenvalue weighted by atomic mass is 16.5. The molecule has 0 aliphatic carbocycles. The van der Waals surface area contributed by atoms with Gasteiger partial charge >= 0.3 is 0 Å². The normalized spacial score (nSPS) is 26.3. The topological polar surface area (TPSA) is 96.9 Å². The van der Waals surface area contributed by atoms with Crippen molar-refractivity contribution in [1.29, 1.82) is 0 Å². The minimum atomic E-state index is -0.611. The Kier molecular flexibility index (Phi) is 4.95. The molecule has 1 rings (SSSR count). The third-order valence-corrected chi connectivity index (χ3v) is 3.32. The van der Waals surface area contributed by atoms with Gasteiger partial charge in [-0.05, 0) is 25.7 Å². The molecule has 4 N–H and O–H groups in total. The van der Waals surface area contributed by atoms with Crippen LogP contribution in [0, 0.1) is 11.8 Å². The van der Waals surface area contributed by atoms with Crippen molar-refractivity contribution in [2.24, 2.45) is 22.7 Å². The van der Waals surface area contributed by atoms with Crippen LogP contribution in [-0.4, -0.2) is 35.7 Å². The molecule has 1 saturated heterocycles. The molecule has 1 aliphatic heterocycles. The van der Waals surface area contributed by atoms with Gasteiger partial charge in [0.1, 0.15) is 5.92 Å². The summed E-state index contributed by atoms with van der Waals surface area (Å²) < 4.78 is 5.59. The number of ether oxygens (including phenoxy) is 1. The predicted octanol–water partition coefficient (Wildman–Crippen LogP) is 0.690. The van der Waals surface area contributed by atoms with E-state index in [1.54, 1.807) is 0 Å². The quantitative estimate of drug-likeness (QED) is 0.292. The fourth-order valence-electron chi connectivity index (χ4n) is 2.20. The van der Waals surface area contributed by atoms with E-state index in [1.807, 2.05) is 20.8 Å². The SMILES string of the molecule is CC(C)C(C(=O)NCC1(C)CCCO1)C(N)=NO. The molecule has 0 aromatic rings. The number of nitrogens with one attached hydrogen (secondary N) is 1. The molecule has 1 heterocycles. The molecular formula is C12H23N3O3. The minimum Gasteiger partial charge on any atom is -0.409 e. The van der Waals surface area contributed by atoms with Gasteiger partial charge in [0.15, 0.2) is 5.84 Å². The summed E-state index contributed by atoms with van der Waals surface area (Å²) >= 11 is 0. The maximum absolute atomic E-state index is 12.0. The summed E-state index contributed by atoms with van der Waals surface area (Å²) in [6.45, 7) is 6.88. The highest BCUT2D eigenvalue weighted by Crippen LogP contribution is 2.24. The second-order valence-electron chi connectivity index (χ2n) is 5.37. The lowest BCUT2D eigenvalue weighted by Gasteiger charge is -2.25. The van der Waals surface area contributed by atoms with Gasteiger partial charge in [-0.2, -0.15) is 0 Å². The first-order valence-corrected chi connectivity index (χ1v) is 6.29. The van der Waals surface area contributed by atoms with Crippen LogP contribution in [0.4, 0.5) is 0 Å². The van der Waals surface area contributed by atoms with Gasteiger partial charge in [0.05, 0.1) is 5.60 Å². The molecule has 1 amide bonds. The average Bonchev–Trinajstić information content (AvgIpc) is 2.73. The zero-order valence-corrected chi connectivity index (χ0v) is 11.3. The fraction of sp³-hybridized carbons (Fsp3) is 0.833. The van der Waals surface area contributed by atoms with E-state index in [2.05, 4.69) is 10.5 Å². The van der Waals surface area contributed by atoms with Crippen molar-refractivity contribution in [2.45, 2.75) is 39.2 Å². The molecule has 1 fully saturated rings. The van der Waals surface area contributed by atoms with Crippen LogP contribution in [0.3, 0.4) is 0 Å². The van der Waals surface area contributed by atoms with E-state index in [0.29, 0.717) is 6.54 Å². The molecule has 0 aromatic heterocycles. The Labute approximate surface area is 108 Å². The number of oxime groups is 1. The number of nitrogens with two attached hydrogens (primary N) is 1. The van der Waals surface area contributed by atoms with E-state index in [4.69, 9.17) is 15.7 Å². The van der Waals surface area contributed by atoms with Crippen molar-refractivity contribution in [3.05, 3.63) is 0 Å². The fourth-order valence-corrected chi connectivity index (χ4v) is 2.20. The highest BCUT2D eigenvalue weighted by Gasteiger charge is 2.32. The molecule has 0 radical (unpaired) electrons. The van der Waals surface area contributed by atoms with Crippen LogP contribution in [0.25, 0.3) is 0 Å². The lowest BCUT2D eigenvalue weighted by atomic mass is 9.93. The van der Waals surface area contributed by atoms with Crippen LogP contribution in [-0.2, 0) is 9.53 Å². The molecule has 0 saturated carbocycles. The first-order chi connectivity index (χ1) is 8.39. The Morgan fingerprint density at radius 1 is 1.61 bits per heavy atom. The van der Waals surface area contributed by atoms with Crippen molar-refractivity contribution in [3.63, 3.8) is 0 Å². The summed E-state index contributed by atoms with van der Waals surface area (Å²) in [7, 11) is 0. The van der Waals surface area contributed by atoms with E-state index >= 15 is 0 Å². The molecule has 6 nitrogen and oxygen atoms in total. The van der Waals surface area contributed by atoms with E-state index in [1.165, 1.54) is 0 Å². The van der Waals surface area contributed by atoms with Crippen LogP contribution in [0.2, 0.25) is 0 Å². The van der Waals surface area contributed by atoms with Gasteiger partial charge in [0, 0.05) is 13.2 Å².